The van der Waals surface area contributed by atoms with Gasteiger partial charge in [-0.05, 0) is 25.2 Å². The standard InChI is InChI=1S/C15H27NO3/c1-3-4-12(2)14(17)16-11-13-5-7-15(8-6-13)18-9-10-19-15/h12-13H,3-11H2,1-2H3,(H,16,17)/t12-/m0/s1. The topological polar surface area (TPSA) is 47.6 Å². The number of amides is 1. The molecule has 1 N–H and O–H groups in total. The summed E-state index contributed by atoms with van der Waals surface area (Å²) >= 11 is 0. The molecule has 0 unspecified atom stereocenters. The number of ether oxygens (including phenoxy) is 2. The van der Waals surface area contributed by atoms with Crippen LogP contribution in [-0.2, 0) is 14.3 Å². The highest BCUT2D eigenvalue weighted by Gasteiger charge is 2.40. The molecule has 4 nitrogen and oxygen atoms in total. The van der Waals surface area contributed by atoms with Crippen molar-refractivity contribution < 1.29 is 14.3 Å². The summed E-state index contributed by atoms with van der Waals surface area (Å²) in [6.45, 7) is 6.40. The monoisotopic (exact) mass is 269 g/mol. The normalized spacial score (nSPS) is 24.5. The highest BCUT2D eigenvalue weighted by atomic mass is 16.7. The second-order valence-corrected chi connectivity index (χ2v) is 5.99. The van der Waals surface area contributed by atoms with Crippen LogP contribution in [0.25, 0.3) is 0 Å². The van der Waals surface area contributed by atoms with Crippen molar-refractivity contribution in [3.63, 3.8) is 0 Å². The third-order valence-corrected chi connectivity index (χ3v) is 4.41. The Hall–Kier alpha value is -0.610. The molecule has 0 bridgehead atoms. The van der Waals surface area contributed by atoms with E-state index in [1.54, 1.807) is 0 Å². The van der Waals surface area contributed by atoms with Gasteiger partial charge in [0.15, 0.2) is 5.79 Å². The van der Waals surface area contributed by atoms with Crippen LogP contribution in [0.3, 0.4) is 0 Å². The van der Waals surface area contributed by atoms with Crippen molar-refractivity contribution in [2.45, 2.75) is 58.2 Å². The van der Waals surface area contributed by atoms with E-state index in [9.17, 15) is 4.79 Å². The van der Waals surface area contributed by atoms with Gasteiger partial charge in [-0.25, -0.2) is 0 Å². The largest absolute Gasteiger partial charge is 0.356 e. The average molecular weight is 269 g/mol. The van der Waals surface area contributed by atoms with Crippen LogP contribution >= 0.6 is 0 Å². The van der Waals surface area contributed by atoms with Gasteiger partial charge in [-0.15, -0.1) is 0 Å². The van der Waals surface area contributed by atoms with Gasteiger partial charge in [-0.2, -0.15) is 0 Å². The molecule has 2 fully saturated rings. The Bertz CT molecular complexity index is 290. The Balaban J connectivity index is 1.67. The van der Waals surface area contributed by atoms with Crippen molar-refractivity contribution in [2.24, 2.45) is 11.8 Å². The van der Waals surface area contributed by atoms with Gasteiger partial charge in [0.2, 0.25) is 5.91 Å². The third-order valence-electron chi connectivity index (χ3n) is 4.41. The molecule has 2 aliphatic rings. The number of hydrogen-bond acceptors (Lipinski definition) is 3. The summed E-state index contributed by atoms with van der Waals surface area (Å²) in [6.07, 6.45) is 6.15. The zero-order chi connectivity index (χ0) is 13.7. The molecule has 1 saturated carbocycles. The van der Waals surface area contributed by atoms with E-state index in [0.29, 0.717) is 5.92 Å². The summed E-state index contributed by atoms with van der Waals surface area (Å²) in [6, 6.07) is 0. The van der Waals surface area contributed by atoms with Gasteiger partial charge < -0.3 is 14.8 Å². The van der Waals surface area contributed by atoms with Crippen LogP contribution < -0.4 is 5.32 Å². The fourth-order valence-corrected chi connectivity index (χ4v) is 3.09. The Morgan fingerprint density at radius 1 is 1.32 bits per heavy atom. The molecule has 0 aromatic rings. The Morgan fingerprint density at radius 2 is 1.95 bits per heavy atom. The summed E-state index contributed by atoms with van der Waals surface area (Å²) in [5, 5.41) is 3.10. The SMILES string of the molecule is CCC[C@H](C)C(=O)NCC1CCC2(CC1)OCCO2. The molecule has 1 amide bonds. The molecular weight excluding hydrogens is 242 g/mol. The highest BCUT2D eigenvalue weighted by molar-refractivity contribution is 5.78. The van der Waals surface area contributed by atoms with Crippen molar-refractivity contribution in [1.29, 1.82) is 0 Å². The van der Waals surface area contributed by atoms with E-state index >= 15 is 0 Å². The molecule has 0 radical (unpaired) electrons. The molecule has 0 aromatic heterocycles. The molecule has 2 rings (SSSR count). The van der Waals surface area contributed by atoms with E-state index in [1.807, 2.05) is 6.92 Å². The van der Waals surface area contributed by atoms with Crippen LogP contribution in [0.15, 0.2) is 0 Å². The van der Waals surface area contributed by atoms with Crippen LogP contribution in [-0.4, -0.2) is 31.5 Å². The number of carbonyl (C=O) groups is 1. The van der Waals surface area contributed by atoms with E-state index in [-0.39, 0.29) is 17.6 Å². The zero-order valence-corrected chi connectivity index (χ0v) is 12.2. The van der Waals surface area contributed by atoms with Gasteiger partial charge in [-0.1, -0.05) is 20.3 Å². The molecule has 1 saturated heterocycles. The van der Waals surface area contributed by atoms with Gasteiger partial charge in [0, 0.05) is 25.3 Å². The summed E-state index contributed by atoms with van der Waals surface area (Å²) < 4.78 is 11.4. The van der Waals surface area contributed by atoms with E-state index in [0.717, 1.165) is 58.3 Å². The lowest BCUT2D eigenvalue weighted by atomic mass is 9.85. The maximum atomic E-state index is 11.9. The van der Waals surface area contributed by atoms with Crippen LogP contribution in [0, 0.1) is 11.8 Å². The first kappa shape index (κ1) is 14.8. The fraction of sp³-hybridized carbons (Fsp3) is 0.933. The quantitative estimate of drug-likeness (QED) is 0.834. The van der Waals surface area contributed by atoms with Crippen molar-refractivity contribution in [1.82, 2.24) is 5.32 Å². The lowest BCUT2D eigenvalue weighted by molar-refractivity contribution is -0.182. The summed E-state index contributed by atoms with van der Waals surface area (Å²) in [4.78, 5) is 11.9. The number of carbonyl (C=O) groups excluding carboxylic acids is 1. The molecular formula is C15H27NO3. The Kier molecular flexibility index (Phi) is 5.22. The van der Waals surface area contributed by atoms with Crippen molar-refractivity contribution in [2.75, 3.05) is 19.8 Å². The Labute approximate surface area is 116 Å². The van der Waals surface area contributed by atoms with Crippen molar-refractivity contribution in [3.8, 4) is 0 Å². The maximum Gasteiger partial charge on any atom is 0.222 e. The summed E-state index contributed by atoms with van der Waals surface area (Å²) in [5.41, 5.74) is 0. The van der Waals surface area contributed by atoms with Crippen LogP contribution in [0.5, 0.6) is 0 Å². The van der Waals surface area contributed by atoms with Crippen molar-refractivity contribution in [3.05, 3.63) is 0 Å². The second-order valence-electron chi connectivity index (χ2n) is 5.99. The number of nitrogens with one attached hydrogen (secondary N) is 1. The van der Waals surface area contributed by atoms with Gasteiger partial charge in [0.05, 0.1) is 13.2 Å². The summed E-state index contributed by atoms with van der Waals surface area (Å²) in [5.74, 6) is 0.642. The minimum absolute atomic E-state index is 0.140. The van der Waals surface area contributed by atoms with Crippen LogP contribution in [0.4, 0.5) is 0 Å². The van der Waals surface area contributed by atoms with Crippen molar-refractivity contribution >= 4 is 5.91 Å². The van der Waals surface area contributed by atoms with Gasteiger partial charge in [0.25, 0.3) is 0 Å². The fourth-order valence-electron chi connectivity index (χ4n) is 3.09. The third kappa shape index (κ3) is 3.93. The lowest BCUT2D eigenvalue weighted by Gasteiger charge is -2.35. The molecule has 110 valence electrons. The van der Waals surface area contributed by atoms with Gasteiger partial charge >= 0.3 is 0 Å². The van der Waals surface area contributed by atoms with E-state index < -0.39 is 0 Å². The van der Waals surface area contributed by atoms with Gasteiger partial charge in [-0.3, -0.25) is 4.79 Å². The predicted molar refractivity (Wildman–Crippen MR) is 73.7 cm³/mol. The average Bonchev–Trinajstić information content (AvgIpc) is 2.86. The Morgan fingerprint density at radius 3 is 2.53 bits per heavy atom. The minimum atomic E-state index is -0.282. The first-order valence-corrected chi connectivity index (χ1v) is 7.71. The smallest absolute Gasteiger partial charge is 0.222 e. The maximum absolute atomic E-state index is 11.9. The summed E-state index contributed by atoms with van der Waals surface area (Å²) in [7, 11) is 0. The molecule has 1 atom stereocenters. The molecule has 1 aliphatic heterocycles. The second kappa shape index (κ2) is 6.71. The molecule has 1 aliphatic carbocycles. The number of hydrogen-bond donors (Lipinski definition) is 1. The first-order valence-electron chi connectivity index (χ1n) is 7.71. The molecule has 1 heterocycles. The first-order chi connectivity index (χ1) is 9.15. The predicted octanol–water partition coefficient (Wildman–Crippen LogP) is 2.47. The van der Waals surface area contributed by atoms with Gasteiger partial charge in [0.1, 0.15) is 0 Å². The van der Waals surface area contributed by atoms with Crippen LogP contribution in [0.2, 0.25) is 0 Å². The highest BCUT2D eigenvalue weighted by Crippen LogP contribution is 2.37. The number of rotatable bonds is 5. The van der Waals surface area contributed by atoms with E-state index in [4.69, 9.17) is 9.47 Å². The lowest BCUT2D eigenvalue weighted by Crippen LogP contribution is -2.39. The van der Waals surface area contributed by atoms with E-state index in [1.165, 1.54) is 0 Å². The van der Waals surface area contributed by atoms with E-state index in [2.05, 4.69) is 12.2 Å². The molecule has 0 aromatic carbocycles. The molecule has 4 heteroatoms. The molecule has 19 heavy (non-hydrogen) atoms. The zero-order valence-electron chi connectivity index (χ0n) is 12.2. The minimum Gasteiger partial charge on any atom is -0.356 e. The van der Waals surface area contributed by atoms with Crippen LogP contribution in [0.1, 0.15) is 52.4 Å². The molecule has 1 spiro atoms.